The number of hydrogen-bond donors (Lipinski definition) is 1. The smallest absolute Gasteiger partial charge is 0.321 e. The number of nitrogens with zero attached hydrogens (tertiary/aromatic N) is 2. The highest BCUT2D eigenvalue weighted by Crippen LogP contribution is 2.20. The molecule has 0 saturated carbocycles. The highest BCUT2D eigenvalue weighted by molar-refractivity contribution is 7.89. The number of nitrogens with one attached hydrogen (secondary N) is 1. The fourth-order valence-electron chi connectivity index (χ4n) is 3.34. The Balaban J connectivity index is 1.39. The van der Waals surface area contributed by atoms with Gasteiger partial charge in [0.1, 0.15) is 0 Å². The second kappa shape index (κ2) is 7.61. The molecule has 6 nitrogen and oxygen atoms in total. The Hall–Kier alpha value is -2.90. The van der Waals surface area contributed by atoms with Crippen LogP contribution in [-0.2, 0) is 10.0 Å². The Morgan fingerprint density at radius 2 is 1.43 bits per heavy atom. The van der Waals surface area contributed by atoms with Crippen LogP contribution in [0.25, 0.3) is 10.8 Å². The molecule has 1 fully saturated rings. The summed E-state index contributed by atoms with van der Waals surface area (Å²) in [5.74, 6) is 0. The lowest BCUT2D eigenvalue weighted by Crippen LogP contribution is -2.51. The molecule has 0 bridgehead atoms. The van der Waals surface area contributed by atoms with Gasteiger partial charge in [-0.3, -0.25) is 0 Å². The van der Waals surface area contributed by atoms with Crippen molar-refractivity contribution in [2.45, 2.75) is 4.90 Å². The van der Waals surface area contributed by atoms with Gasteiger partial charge in [-0.2, -0.15) is 4.31 Å². The normalized spacial score (nSPS) is 15.5. The van der Waals surface area contributed by atoms with Gasteiger partial charge in [0.15, 0.2) is 0 Å². The second-order valence-electron chi connectivity index (χ2n) is 6.70. The van der Waals surface area contributed by atoms with Gasteiger partial charge in [-0.1, -0.05) is 48.5 Å². The lowest BCUT2D eigenvalue weighted by atomic mass is 10.1. The molecule has 7 heteroatoms. The molecule has 2 amide bonds. The molecule has 0 unspecified atom stereocenters. The first-order chi connectivity index (χ1) is 13.5. The number of piperazine rings is 1. The van der Waals surface area contributed by atoms with Crippen molar-refractivity contribution in [3.05, 3.63) is 72.8 Å². The van der Waals surface area contributed by atoms with Crippen LogP contribution in [0.5, 0.6) is 0 Å². The standard InChI is InChI=1S/C21H21N3O3S/c25-21(22-19-11-10-17-6-4-5-7-18(17)16-19)23-12-14-24(15-13-23)28(26,27)20-8-2-1-3-9-20/h1-11,16H,12-15H2,(H,22,25). The molecule has 0 aliphatic carbocycles. The van der Waals surface area contributed by atoms with Crippen LogP contribution in [-0.4, -0.2) is 49.8 Å². The van der Waals surface area contributed by atoms with Crippen LogP contribution in [0.4, 0.5) is 10.5 Å². The number of sulfonamides is 1. The van der Waals surface area contributed by atoms with Gasteiger partial charge in [-0.05, 0) is 35.0 Å². The van der Waals surface area contributed by atoms with Crippen molar-refractivity contribution in [2.24, 2.45) is 0 Å². The van der Waals surface area contributed by atoms with Crippen LogP contribution in [0.3, 0.4) is 0 Å². The van der Waals surface area contributed by atoms with Gasteiger partial charge in [0.05, 0.1) is 4.90 Å². The van der Waals surface area contributed by atoms with Crippen LogP contribution in [0.15, 0.2) is 77.7 Å². The summed E-state index contributed by atoms with van der Waals surface area (Å²) < 4.78 is 26.8. The van der Waals surface area contributed by atoms with E-state index in [9.17, 15) is 13.2 Å². The van der Waals surface area contributed by atoms with E-state index in [4.69, 9.17) is 0 Å². The van der Waals surface area contributed by atoms with E-state index in [2.05, 4.69) is 5.32 Å². The summed E-state index contributed by atoms with van der Waals surface area (Å²) >= 11 is 0. The minimum Gasteiger partial charge on any atom is -0.322 e. The molecule has 0 spiro atoms. The average molecular weight is 395 g/mol. The molecule has 1 N–H and O–H groups in total. The van der Waals surface area contributed by atoms with E-state index >= 15 is 0 Å². The van der Waals surface area contributed by atoms with Crippen molar-refractivity contribution in [1.82, 2.24) is 9.21 Å². The Labute approximate surface area is 164 Å². The topological polar surface area (TPSA) is 69.7 Å². The number of benzene rings is 3. The zero-order chi connectivity index (χ0) is 19.6. The average Bonchev–Trinajstić information content (AvgIpc) is 2.74. The van der Waals surface area contributed by atoms with E-state index in [0.717, 1.165) is 16.5 Å². The summed E-state index contributed by atoms with van der Waals surface area (Å²) in [4.78, 5) is 14.5. The van der Waals surface area contributed by atoms with E-state index in [1.807, 2.05) is 42.5 Å². The quantitative estimate of drug-likeness (QED) is 0.739. The number of hydrogen-bond acceptors (Lipinski definition) is 3. The lowest BCUT2D eigenvalue weighted by Gasteiger charge is -2.34. The Morgan fingerprint density at radius 1 is 0.786 bits per heavy atom. The predicted molar refractivity (Wildman–Crippen MR) is 110 cm³/mol. The third-order valence-corrected chi connectivity index (χ3v) is 6.82. The molecule has 0 radical (unpaired) electrons. The van der Waals surface area contributed by atoms with Crippen LogP contribution < -0.4 is 5.32 Å². The van der Waals surface area contributed by atoms with Crippen LogP contribution in [0, 0.1) is 0 Å². The number of carbonyl (C=O) groups excluding carboxylic acids is 1. The predicted octanol–water partition coefficient (Wildman–Crippen LogP) is 3.38. The maximum atomic E-state index is 12.7. The third kappa shape index (κ3) is 3.72. The Kier molecular flexibility index (Phi) is 5.02. The van der Waals surface area contributed by atoms with Crippen molar-refractivity contribution in [3.8, 4) is 0 Å². The fraction of sp³-hybridized carbons (Fsp3) is 0.190. The first-order valence-electron chi connectivity index (χ1n) is 9.14. The molecule has 0 atom stereocenters. The fourth-order valence-corrected chi connectivity index (χ4v) is 4.79. The molecule has 28 heavy (non-hydrogen) atoms. The van der Waals surface area contributed by atoms with Gasteiger partial charge >= 0.3 is 6.03 Å². The van der Waals surface area contributed by atoms with Gasteiger partial charge in [0, 0.05) is 31.9 Å². The molecule has 1 aliphatic rings. The highest BCUT2D eigenvalue weighted by Gasteiger charge is 2.30. The first kappa shape index (κ1) is 18.5. The van der Waals surface area contributed by atoms with E-state index in [0.29, 0.717) is 13.1 Å². The zero-order valence-corrected chi connectivity index (χ0v) is 16.1. The summed E-state index contributed by atoms with van der Waals surface area (Å²) in [5.41, 5.74) is 0.725. The van der Waals surface area contributed by atoms with E-state index in [-0.39, 0.29) is 24.0 Å². The van der Waals surface area contributed by atoms with Gasteiger partial charge < -0.3 is 10.2 Å². The van der Waals surface area contributed by atoms with E-state index < -0.39 is 10.0 Å². The van der Waals surface area contributed by atoms with Crippen molar-refractivity contribution in [1.29, 1.82) is 0 Å². The molecule has 4 rings (SSSR count). The highest BCUT2D eigenvalue weighted by atomic mass is 32.2. The largest absolute Gasteiger partial charge is 0.322 e. The van der Waals surface area contributed by atoms with Crippen molar-refractivity contribution in [3.63, 3.8) is 0 Å². The second-order valence-corrected chi connectivity index (χ2v) is 8.63. The number of fused-ring (bicyclic) bond motifs is 1. The van der Waals surface area contributed by atoms with Gasteiger partial charge in [-0.15, -0.1) is 0 Å². The summed E-state index contributed by atoms with van der Waals surface area (Å²) in [6, 6.07) is 21.9. The molecule has 144 valence electrons. The molecule has 3 aromatic carbocycles. The maximum absolute atomic E-state index is 12.7. The number of amides is 2. The summed E-state index contributed by atoms with van der Waals surface area (Å²) in [5, 5.41) is 5.07. The molecule has 3 aromatic rings. The number of carbonyl (C=O) groups is 1. The van der Waals surface area contributed by atoms with E-state index in [1.165, 1.54) is 4.31 Å². The number of anilines is 1. The molecule has 1 aliphatic heterocycles. The molecular weight excluding hydrogens is 374 g/mol. The van der Waals surface area contributed by atoms with Crippen molar-refractivity contribution >= 4 is 32.5 Å². The summed E-state index contributed by atoms with van der Waals surface area (Å²) in [6.07, 6.45) is 0. The minimum absolute atomic E-state index is 0.216. The molecular formula is C21H21N3O3S. The maximum Gasteiger partial charge on any atom is 0.321 e. The van der Waals surface area contributed by atoms with Crippen LogP contribution in [0.2, 0.25) is 0 Å². The summed E-state index contributed by atoms with van der Waals surface area (Å²) in [6.45, 7) is 1.27. The molecule has 0 aromatic heterocycles. The van der Waals surface area contributed by atoms with Crippen molar-refractivity contribution in [2.75, 3.05) is 31.5 Å². The van der Waals surface area contributed by atoms with E-state index in [1.54, 1.807) is 35.2 Å². The molecule has 1 heterocycles. The third-order valence-electron chi connectivity index (χ3n) is 4.91. The van der Waals surface area contributed by atoms with Gasteiger partial charge in [0.2, 0.25) is 10.0 Å². The SMILES string of the molecule is O=C(Nc1ccc2ccccc2c1)N1CCN(S(=O)(=O)c2ccccc2)CC1. The Bertz CT molecular complexity index is 1090. The summed E-state index contributed by atoms with van der Waals surface area (Å²) in [7, 11) is -3.52. The Morgan fingerprint density at radius 3 is 2.14 bits per heavy atom. The first-order valence-corrected chi connectivity index (χ1v) is 10.6. The van der Waals surface area contributed by atoms with Gasteiger partial charge in [0.25, 0.3) is 0 Å². The van der Waals surface area contributed by atoms with Crippen LogP contribution >= 0.6 is 0 Å². The minimum atomic E-state index is -3.52. The monoisotopic (exact) mass is 395 g/mol. The van der Waals surface area contributed by atoms with Gasteiger partial charge in [-0.25, -0.2) is 13.2 Å². The lowest BCUT2D eigenvalue weighted by molar-refractivity contribution is 0.184. The number of urea groups is 1. The zero-order valence-electron chi connectivity index (χ0n) is 15.3. The number of rotatable bonds is 3. The van der Waals surface area contributed by atoms with Crippen molar-refractivity contribution < 1.29 is 13.2 Å². The van der Waals surface area contributed by atoms with Crippen LogP contribution in [0.1, 0.15) is 0 Å². The molecule has 1 saturated heterocycles.